The van der Waals surface area contributed by atoms with Crippen LogP contribution in [0, 0.1) is 0 Å². The highest BCUT2D eigenvalue weighted by Crippen LogP contribution is 1.97. The van der Waals surface area contributed by atoms with E-state index in [0.717, 1.165) is 13.0 Å². The van der Waals surface area contributed by atoms with Crippen LogP contribution in [-0.2, 0) is 0 Å². The molecule has 0 saturated carbocycles. The van der Waals surface area contributed by atoms with Crippen molar-refractivity contribution in [3.8, 4) is 0 Å². The molecule has 0 aromatic heterocycles. The minimum absolute atomic E-state index is 0.0392. The second-order valence-corrected chi connectivity index (χ2v) is 2.90. The van der Waals surface area contributed by atoms with Gasteiger partial charge in [0.25, 0.3) is 0 Å². The second kappa shape index (κ2) is 6.55. The minimum atomic E-state index is -0.289. The Bertz CT molecular complexity index is 86.2. The van der Waals surface area contributed by atoms with Crippen molar-refractivity contribution in [3.63, 3.8) is 0 Å². The Morgan fingerprint density at radius 3 is 2.55 bits per heavy atom. The van der Waals surface area contributed by atoms with Gasteiger partial charge in [0.2, 0.25) is 0 Å². The first kappa shape index (κ1) is 10.8. The van der Waals surface area contributed by atoms with Crippen LogP contribution in [0.2, 0.25) is 0 Å². The van der Waals surface area contributed by atoms with Crippen molar-refractivity contribution in [2.75, 3.05) is 13.2 Å². The number of nitrogens with one attached hydrogen (secondary N) is 1. The second-order valence-electron chi connectivity index (χ2n) is 2.90. The fraction of sp³-hybridized carbons (Fsp3) is 1.00. The van der Waals surface area contributed by atoms with Gasteiger partial charge in [-0.25, -0.2) is 0 Å². The zero-order valence-corrected chi connectivity index (χ0v) is 7.44. The summed E-state index contributed by atoms with van der Waals surface area (Å²) in [6.45, 7) is 4.62. The lowest BCUT2D eigenvalue weighted by molar-refractivity contribution is 0.364. The van der Waals surface area contributed by atoms with Crippen LogP contribution >= 0.6 is 0 Å². The number of rotatable bonds is 6. The summed E-state index contributed by atoms with van der Waals surface area (Å²) in [5, 5.41) is 3.20. The molecule has 3 heteroatoms. The van der Waals surface area contributed by atoms with Crippen molar-refractivity contribution in [2.45, 2.75) is 38.8 Å². The Kier molecular flexibility index (Phi) is 6.46. The van der Waals surface area contributed by atoms with Crippen LogP contribution in [0.15, 0.2) is 0 Å². The van der Waals surface area contributed by atoms with Crippen LogP contribution in [0.25, 0.3) is 0 Å². The molecule has 0 radical (unpaired) electrons. The Morgan fingerprint density at radius 1 is 1.55 bits per heavy atom. The van der Waals surface area contributed by atoms with Crippen LogP contribution in [-0.4, -0.2) is 25.3 Å². The third-order valence-corrected chi connectivity index (χ3v) is 1.71. The zero-order valence-electron chi connectivity index (χ0n) is 7.44. The summed E-state index contributed by atoms with van der Waals surface area (Å²) in [7, 11) is 0. The minimum Gasteiger partial charge on any atom is -0.327 e. The maximum atomic E-state index is 11.9. The average molecular weight is 162 g/mol. The van der Waals surface area contributed by atoms with Crippen molar-refractivity contribution >= 4 is 0 Å². The highest BCUT2D eigenvalue weighted by molar-refractivity contribution is 4.74. The van der Waals surface area contributed by atoms with Crippen LogP contribution in [0.4, 0.5) is 4.39 Å². The molecule has 0 fully saturated rings. The third kappa shape index (κ3) is 5.16. The first-order valence-electron chi connectivity index (χ1n) is 4.27. The lowest BCUT2D eigenvalue weighted by Gasteiger charge is -2.20. The van der Waals surface area contributed by atoms with Gasteiger partial charge in [-0.15, -0.1) is 0 Å². The molecule has 0 aromatic rings. The molecule has 0 bridgehead atoms. The van der Waals surface area contributed by atoms with Crippen molar-refractivity contribution in [1.82, 2.24) is 5.32 Å². The number of halogens is 1. The molecule has 0 aliphatic rings. The number of hydrogen-bond donors (Lipinski definition) is 2. The van der Waals surface area contributed by atoms with Gasteiger partial charge in [0.05, 0.1) is 6.67 Å². The van der Waals surface area contributed by atoms with E-state index in [1.165, 1.54) is 0 Å². The predicted octanol–water partition coefficient (Wildman–Crippen LogP) is 1.06. The number of nitrogens with two attached hydrogens (primary N) is 1. The summed E-state index contributed by atoms with van der Waals surface area (Å²) in [5.74, 6) is 0. The van der Waals surface area contributed by atoms with Gasteiger partial charge in [0.15, 0.2) is 0 Å². The van der Waals surface area contributed by atoms with E-state index in [0.29, 0.717) is 6.42 Å². The molecule has 1 unspecified atom stereocenters. The van der Waals surface area contributed by atoms with Gasteiger partial charge in [-0.3, -0.25) is 4.39 Å². The summed E-state index contributed by atoms with van der Waals surface area (Å²) in [6, 6.07) is 0.178. The van der Waals surface area contributed by atoms with E-state index in [1.807, 2.05) is 6.92 Å². The lowest BCUT2D eigenvalue weighted by atomic mass is 10.1. The van der Waals surface area contributed by atoms with Gasteiger partial charge in [-0.1, -0.05) is 6.92 Å². The molecule has 0 aliphatic heterocycles. The molecule has 68 valence electrons. The average Bonchev–Trinajstić information content (AvgIpc) is 1.97. The quantitative estimate of drug-likeness (QED) is 0.613. The van der Waals surface area contributed by atoms with Crippen molar-refractivity contribution in [1.29, 1.82) is 0 Å². The zero-order chi connectivity index (χ0) is 8.69. The summed E-state index contributed by atoms with van der Waals surface area (Å²) in [5.41, 5.74) is 5.63. The van der Waals surface area contributed by atoms with E-state index in [4.69, 9.17) is 5.73 Å². The maximum Gasteiger partial charge on any atom is 0.0909 e. The molecule has 2 nitrogen and oxygen atoms in total. The topological polar surface area (TPSA) is 38.0 Å². The standard InChI is InChI=1S/C8H19FN2/c1-3-6-11-8(4-5-9)7(2)10/h7-8,11H,3-6,10H2,1-2H3/t7?,8-/m0/s1. The van der Waals surface area contributed by atoms with Crippen molar-refractivity contribution in [3.05, 3.63) is 0 Å². The van der Waals surface area contributed by atoms with Gasteiger partial charge in [0, 0.05) is 12.1 Å². The molecule has 0 amide bonds. The van der Waals surface area contributed by atoms with Crippen LogP contribution in [0.3, 0.4) is 0 Å². The van der Waals surface area contributed by atoms with E-state index in [-0.39, 0.29) is 18.8 Å². The van der Waals surface area contributed by atoms with Crippen molar-refractivity contribution < 1.29 is 4.39 Å². The van der Waals surface area contributed by atoms with Gasteiger partial charge in [0.1, 0.15) is 0 Å². The molecule has 0 aliphatic carbocycles. The molecular weight excluding hydrogens is 143 g/mol. The Balaban J connectivity index is 3.51. The predicted molar refractivity (Wildman–Crippen MR) is 46.3 cm³/mol. The SMILES string of the molecule is CCCN[C@@H](CCF)C(C)N. The van der Waals surface area contributed by atoms with E-state index in [2.05, 4.69) is 12.2 Å². The molecule has 0 rings (SSSR count). The van der Waals surface area contributed by atoms with Gasteiger partial charge < -0.3 is 11.1 Å². The highest BCUT2D eigenvalue weighted by atomic mass is 19.1. The highest BCUT2D eigenvalue weighted by Gasteiger charge is 2.11. The van der Waals surface area contributed by atoms with E-state index in [9.17, 15) is 4.39 Å². The maximum absolute atomic E-state index is 11.9. The van der Waals surface area contributed by atoms with Gasteiger partial charge in [-0.05, 0) is 26.3 Å². The fourth-order valence-electron chi connectivity index (χ4n) is 0.998. The molecule has 3 N–H and O–H groups in total. The van der Waals surface area contributed by atoms with Gasteiger partial charge in [-0.2, -0.15) is 0 Å². The largest absolute Gasteiger partial charge is 0.327 e. The number of alkyl halides is 1. The summed E-state index contributed by atoms with van der Waals surface area (Å²) < 4.78 is 11.9. The smallest absolute Gasteiger partial charge is 0.0909 e. The van der Waals surface area contributed by atoms with E-state index in [1.54, 1.807) is 0 Å². The van der Waals surface area contributed by atoms with Crippen LogP contribution < -0.4 is 11.1 Å². The summed E-state index contributed by atoms with van der Waals surface area (Å²) in [6.07, 6.45) is 1.59. The number of hydrogen-bond acceptors (Lipinski definition) is 2. The Hall–Kier alpha value is -0.150. The third-order valence-electron chi connectivity index (χ3n) is 1.71. The normalized spacial score (nSPS) is 16.4. The van der Waals surface area contributed by atoms with E-state index < -0.39 is 0 Å². The monoisotopic (exact) mass is 162 g/mol. The molecule has 0 aromatic carbocycles. The first-order valence-corrected chi connectivity index (χ1v) is 4.27. The lowest BCUT2D eigenvalue weighted by Crippen LogP contribution is -2.43. The first-order chi connectivity index (χ1) is 5.22. The molecule has 11 heavy (non-hydrogen) atoms. The Labute approximate surface area is 68.3 Å². The fourth-order valence-corrected chi connectivity index (χ4v) is 0.998. The Morgan fingerprint density at radius 2 is 2.18 bits per heavy atom. The molecule has 0 spiro atoms. The molecule has 0 heterocycles. The molecule has 2 atom stereocenters. The van der Waals surface area contributed by atoms with Crippen LogP contribution in [0.1, 0.15) is 26.7 Å². The molecule has 0 saturated heterocycles. The molecular formula is C8H19FN2. The van der Waals surface area contributed by atoms with E-state index >= 15 is 0 Å². The van der Waals surface area contributed by atoms with Crippen molar-refractivity contribution in [2.24, 2.45) is 5.73 Å². The summed E-state index contributed by atoms with van der Waals surface area (Å²) in [4.78, 5) is 0. The van der Waals surface area contributed by atoms with Gasteiger partial charge >= 0.3 is 0 Å². The summed E-state index contributed by atoms with van der Waals surface area (Å²) >= 11 is 0. The van der Waals surface area contributed by atoms with Crippen LogP contribution in [0.5, 0.6) is 0 Å².